The standard InChI is InChI=1S/C24H27N3O4/c1-4-30-22-10-9-18(13-23(22)31-5-2)11-12-26-16-20(15-25)24(29)27-21-8-6-7-19(14-21)17(3)28/h6-10,13-14,16,26H,4-5,11-12H2,1-3H3,(H,27,29)/b20-16-. The Morgan fingerprint density at radius 2 is 1.81 bits per heavy atom. The maximum Gasteiger partial charge on any atom is 0.267 e. The van der Waals surface area contributed by atoms with Gasteiger partial charge in [-0.05, 0) is 57.0 Å². The normalized spacial score (nSPS) is 10.7. The first-order chi connectivity index (χ1) is 15.0. The minimum Gasteiger partial charge on any atom is -0.490 e. The van der Waals surface area contributed by atoms with Crippen molar-refractivity contribution < 1.29 is 19.1 Å². The summed E-state index contributed by atoms with van der Waals surface area (Å²) < 4.78 is 11.2. The summed E-state index contributed by atoms with van der Waals surface area (Å²) in [7, 11) is 0. The molecule has 1 amide bonds. The number of carbonyl (C=O) groups excluding carboxylic acids is 2. The molecule has 0 saturated carbocycles. The van der Waals surface area contributed by atoms with Crippen LogP contribution < -0.4 is 20.1 Å². The molecule has 2 aromatic carbocycles. The van der Waals surface area contributed by atoms with Crippen LogP contribution in [0.15, 0.2) is 54.2 Å². The average Bonchev–Trinajstić information content (AvgIpc) is 2.76. The van der Waals surface area contributed by atoms with E-state index in [2.05, 4.69) is 10.6 Å². The van der Waals surface area contributed by atoms with E-state index in [1.54, 1.807) is 24.3 Å². The third kappa shape index (κ3) is 7.19. The van der Waals surface area contributed by atoms with Crippen molar-refractivity contribution in [3.05, 3.63) is 65.4 Å². The number of Topliss-reactive ketones (excluding diaryl/α,β-unsaturated/α-hetero) is 1. The van der Waals surface area contributed by atoms with Crippen molar-refractivity contribution in [3.8, 4) is 17.6 Å². The van der Waals surface area contributed by atoms with Crippen LogP contribution in [-0.4, -0.2) is 31.4 Å². The number of hydrogen-bond acceptors (Lipinski definition) is 6. The summed E-state index contributed by atoms with van der Waals surface area (Å²) in [5, 5.41) is 14.9. The summed E-state index contributed by atoms with van der Waals surface area (Å²) in [4.78, 5) is 23.8. The molecule has 0 fully saturated rings. The number of ketones is 1. The zero-order valence-electron chi connectivity index (χ0n) is 18.0. The molecule has 0 heterocycles. The Balaban J connectivity index is 1.95. The van der Waals surface area contributed by atoms with E-state index in [9.17, 15) is 14.9 Å². The van der Waals surface area contributed by atoms with Crippen LogP contribution in [0.1, 0.15) is 36.7 Å². The molecule has 0 aromatic heterocycles. The first kappa shape index (κ1) is 23.5. The van der Waals surface area contributed by atoms with Crippen molar-refractivity contribution in [2.45, 2.75) is 27.2 Å². The molecule has 0 aliphatic rings. The van der Waals surface area contributed by atoms with E-state index in [0.29, 0.717) is 48.9 Å². The van der Waals surface area contributed by atoms with Gasteiger partial charge in [-0.3, -0.25) is 9.59 Å². The largest absolute Gasteiger partial charge is 0.490 e. The molecule has 0 saturated heterocycles. The number of ether oxygens (including phenoxy) is 2. The van der Waals surface area contributed by atoms with Gasteiger partial charge in [0.2, 0.25) is 0 Å². The number of amides is 1. The molecule has 7 heteroatoms. The molecule has 2 N–H and O–H groups in total. The van der Waals surface area contributed by atoms with Gasteiger partial charge in [-0.1, -0.05) is 18.2 Å². The Bertz CT molecular complexity index is 993. The third-order valence-corrected chi connectivity index (χ3v) is 4.30. The highest BCUT2D eigenvalue weighted by molar-refractivity contribution is 6.07. The van der Waals surface area contributed by atoms with Gasteiger partial charge in [0, 0.05) is 24.0 Å². The van der Waals surface area contributed by atoms with Crippen LogP contribution in [0, 0.1) is 11.3 Å². The van der Waals surface area contributed by atoms with Crippen LogP contribution in [-0.2, 0) is 11.2 Å². The predicted molar refractivity (Wildman–Crippen MR) is 119 cm³/mol. The van der Waals surface area contributed by atoms with Gasteiger partial charge < -0.3 is 20.1 Å². The maximum atomic E-state index is 12.3. The summed E-state index contributed by atoms with van der Waals surface area (Å²) in [5.74, 6) is 0.756. The number of carbonyl (C=O) groups is 2. The summed E-state index contributed by atoms with van der Waals surface area (Å²) in [5.41, 5.74) is 1.92. The quantitative estimate of drug-likeness (QED) is 0.247. The molecule has 31 heavy (non-hydrogen) atoms. The summed E-state index contributed by atoms with van der Waals surface area (Å²) >= 11 is 0. The van der Waals surface area contributed by atoms with E-state index >= 15 is 0 Å². The monoisotopic (exact) mass is 421 g/mol. The van der Waals surface area contributed by atoms with Gasteiger partial charge in [0.1, 0.15) is 11.6 Å². The Morgan fingerprint density at radius 3 is 2.48 bits per heavy atom. The lowest BCUT2D eigenvalue weighted by Gasteiger charge is -2.12. The molecule has 0 aliphatic heterocycles. The highest BCUT2D eigenvalue weighted by Gasteiger charge is 2.10. The first-order valence-electron chi connectivity index (χ1n) is 10.1. The summed E-state index contributed by atoms with van der Waals surface area (Å²) in [6.45, 7) is 6.91. The minimum absolute atomic E-state index is 0.0603. The molecule has 0 aliphatic carbocycles. The first-order valence-corrected chi connectivity index (χ1v) is 10.1. The second-order valence-electron chi connectivity index (χ2n) is 6.61. The number of nitrogens with zero attached hydrogens (tertiary/aromatic N) is 1. The van der Waals surface area contributed by atoms with E-state index < -0.39 is 5.91 Å². The molecular formula is C24H27N3O4. The van der Waals surface area contributed by atoms with Crippen LogP contribution >= 0.6 is 0 Å². The van der Waals surface area contributed by atoms with Crippen molar-refractivity contribution in [1.82, 2.24) is 5.32 Å². The number of nitrogens with one attached hydrogen (secondary N) is 2. The smallest absolute Gasteiger partial charge is 0.267 e. The van der Waals surface area contributed by atoms with Crippen LogP contribution in [0.3, 0.4) is 0 Å². The topological polar surface area (TPSA) is 100 Å². The molecule has 2 aromatic rings. The number of nitriles is 1. The predicted octanol–water partition coefficient (Wildman–Crippen LogP) is 3.86. The van der Waals surface area contributed by atoms with Crippen molar-refractivity contribution in [2.24, 2.45) is 0 Å². The molecule has 2 rings (SSSR count). The minimum atomic E-state index is -0.546. The number of rotatable bonds is 11. The van der Waals surface area contributed by atoms with Crippen molar-refractivity contribution in [3.63, 3.8) is 0 Å². The zero-order chi connectivity index (χ0) is 22.6. The highest BCUT2D eigenvalue weighted by Crippen LogP contribution is 2.28. The molecule has 7 nitrogen and oxygen atoms in total. The van der Waals surface area contributed by atoms with Gasteiger partial charge in [0.05, 0.1) is 13.2 Å². The number of anilines is 1. The maximum absolute atomic E-state index is 12.3. The van der Waals surface area contributed by atoms with E-state index in [0.717, 1.165) is 5.56 Å². The summed E-state index contributed by atoms with van der Waals surface area (Å²) in [6, 6.07) is 14.2. The third-order valence-electron chi connectivity index (χ3n) is 4.30. The average molecular weight is 421 g/mol. The Kier molecular flexibility index (Phi) is 9.12. The van der Waals surface area contributed by atoms with Crippen molar-refractivity contribution in [1.29, 1.82) is 5.26 Å². The lowest BCUT2D eigenvalue weighted by Crippen LogP contribution is -2.18. The van der Waals surface area contributed by atoms with Gasteiger partial charge >= 0.3 is 0 Å². The summed E-state index contributed by atoms with van der Waals surface area (Å²) in [6.07, 6.45) is 2.06. The fourth-order valence-electron chi connectivity index (χ4n) is 2.80. The van der Waals surface area contributed by atoms with Gasteiger partial charge in [-0.2, -0.15) is 5.26 Å². The Labute approximate surface area is 182 Å². The fourth-order valence-corrected chi connectivity index (χ4v) is 2.80. The molecule has 0 bridgehead atoms. The van der Waals surface area contributed by atoms with E-state index in [1.165, 1.54) is 13.1 Å². The molecule has 0 spiro atoms. The Morgan fingerprint density at radius 1 is 1.06 bits per heavy atom. The van der Waals surface area contributed by atoms with Crippen LogP contribution in [0.4, 0.5) is 5.69 Å². The highest BCUT2D eigenvalue weighted by atomic mass is 16.5. The number of benzene rings is 2. The molecule has 0 atom stereocenters. The van der Waals surface area contributed by atoms with E-state index in [1.807, 2.05) is 38.1 Å². The fraction of sp³-hybridized carbons (Fsp3) is 0.292. The molecule has 0 unspecified atom stereocenters. The zero-order valence-corrected chi connectivity index (χ0v) is 18.0. The number of hydrogen-bond donors (Lipinski definition) is 2. The molecule has 0 radical (unpaired) electrons. The van der Waals surface area contributed by atoms with Crippen LogP contribution in [0.25, 0.3) is 0 Å². The van der Waals surface area contributed by atoms with Gasteiger partial charge in [-0.15, -0.1) is 0 Å². The van der Waals surface area contributed by atoms with Crippen molar-refractivity contribution >= 4 is 17.4 Å². The van der Waals surface area contributed by atoms with E-state index in [4.69, 9.17) is 9.47 Å². The molecular weight excluding hydrogens is 394 g/mol. The van der Waals surface area contributed by atoms with Crippen LogP contribution in [0.2, 0.25) is 0 Å². The molecule has 162 valence electrons. The van der Waals surface area contributed by atoms with E-state index in [-0.39, 0.29) is 11.4 Å². The second-order valence-corrected chi connectivity index (χ2v) is 6.61. The van der Waals surface area contributed by atoms with Gasteiger partial charge in [0.25, 0.3) is 5.91 Å². The van der Waals surface area contributed by atoms with Gasteiger partial charge in [-0.25, -0.2) is 0 Å². The van der Waals surface area contributed by atoms with Crippen molar-refractivity contribution in [2.75, 3.05) is 25.1 Å². The van der Waals surface area contributed by atoms with Crippen LogP contribution in [0.5, 0.6) is 11.5 Å². The lowest BCUT2D eigenvalue weighted by molar-refractivity contribution is -0.112. The Hall–Kier alpha value is -3.79. The van der Waals surface area contributed by atoms with Gasteiger partial charge in [0.15, 0.2) is 17.3 Å². The SMILES string of the molecule is CCOc1ccc(CCN/C=C(/C#N)C(=O)Nc2cccc(C(C)=O)c2)cc1OCC. The second kappa shape index (κ2) is 12.0. The lowest BCUT2D eigenvalue weighted by atomic mass is 10.1.